The predicted octanol–water partition coefficient (Wildman–Crippen LogP) is 11.0. The SMILES string of the molecule is c1ccc(-c2ccc(N(c3ccccc3)c3cccc4c3ccc3cc5oc6ccccc6c5cc34)cc2)cc1. The number of benzene rings is 7. The molecule has 0 amide bonds. The van der Waals surface area contributed by atoms with Crippen molar-refractivity contribution >= 4 is 60.5 Å². The molecular formula is C38H25NO. The first-order valence-electron chi connectivity index (χ1n) is 13.6. The number of rotatable bonds is 4. The van der Waals surface area contributed by atoms with Gasteiger partial charge in [0.1, 0.15) is 11.2 Å². The summed E-state index contributed by atoms with van der Waals surface area (Å²) in [5.74, 6) is 0. The van der Waals surface area contributed by atoms with Crippen LogP contribution in [-0.4, -0.2) is 0 Å². The number of hydrogen-bond acceptors (Lipinski definition) is 2. The summed E-state index contributed by atoms with van der Waals surface area (Å²) in [5, 5.41) is 7.14. The van der Waals surface area contributed by atoms with E-state index in [-0.39, 0.29) is 0 Å². The van der Waals surface area contributed by atoms with Gasteiger partial charge in [0.05, 0.1) is 5.69 Å². The Kier molecular flexibility index (Phi) is 5.17. The molecule has 0 aliphatic rings. The molecule has 0 spiro atoms. The monoisotopic (exact) mass is 511 g/mol. The number of nitrogens with zero attached hydrogens (tertiary/aromatic N) is 1. The average Bonchev–Trinajstić information content (AvgIpc) is 3.39. The first-order chi connectivity index (χ1) is 19.8. The van der Waals surface area contributed by atoms with Crippen LogP contribution < -0.4 is 4.90 Å². The van der Waals surface area contributed by atoms with Gasteiger partial charge in [0.2, 0.25) is 0 Å². The van der Waals surface area contributed by atoms with Crippen LogP contribution in [0.15, 0.2) is 156 Å². The normalized spacial score (nSPS) is 11.5. The van der Waals surface area contributed by atoms with E-state index in [1.807, 2.05) is 12.1 Å². The Labute approximate surface area is 232 Å². The van der Waals surface area contributed by atoms with Crippen molar-refractivity contribution < 1.29 is 4.42 Å². The lowest BCUT2D eigenvalue weighted by molar-refractivity contribution is 0.669. The van der Waals surface area contributed by atoms with Gasteiger partial charge in [-0.3, -0.25) is 0 Å². The molecular weight excluding hydrogens is 486 g/mol. The molecule has 0 aliphatic heterocycles. The molecule has 188 valence electrons. The fourth-order valence-corrected chi connectivity index (χ4v) is 5.93. The van der Waals surface area contributed by atoms with Gasteiger partial charge in [-0.1, -0.05) is 103 Å². The minimum absolute atomic E-state index is 0.923. The van der Waals surface area contributed by atoms with Crippen molar-refractivity contribution in [2.75, 3.05) is 4.90 Å². The van der Waals surface area contributed by atoms with Crippen molar-refractivity contribution in [1.82, 2.24) is 0 Å². The second kappa shape index (κ2) is 9.14. The van der Waals surface area contributed by atoms with E-state index < -0.39 is 0 Å². The van der Waals surface area contributed by atoms with Crippen LogP contribution in [0, 0.1) is 0 Å². The Balaban J connectivity index is 1.34. The molecule has 8 aromatic rings. The Bertz CT molecular complexity index is 2140. The summed E-state index contributed by atoms with van der Waals surface area (Å²) < 4.78 is 6.18. The van der Waals surface area contributed by atoms with Crippen LogP contribution in [-0.2, 0) is 0 Å². The molecule has 8 rings (SSSR count). The van der Waals surface area contributed by atoms with Crippen molar-refractivity contribution in [1.29, 1.82) is 0 Å². The summed E-state index contributed by atoms with van der Waals surface area (Å²) in [6.07, 6.45) is 0. The highest BCUT2D eigenvalue weighted by atomic mass is 16.3. The van der Waals surface area contributed by atoms with Gasteiger partial charge in [-0.15, -0.1) is 0 Å². The molecule has 2 nitrogen and oxygen atoms in total. The number of furan rings is 1. The van der Waals surface area contributed by atoms with E-state index in [1.165, 1.54) is 32.7 Å². The van der Waals surface area contributed by atoms with Gasteiger partial charge in [-0.25, -0.2) is 0 Å². The standard InChI is InChI=1S/C38H25NO/c1-3-10-26(11-4-1)27-18-21-30(22-19-27)39(29-12-5-2-6-13-29)36-16-9-15-31-32(36)23-20-28-24-38-35(25-34(28)31)33-14-7-8-17-37(33)40-38/h1-25H. The van der Waals surface area contributed by atoms with Gasteiger partial charge in [0, 0.05) is 27.5 Å². The van der Waals surface area contributed by atoms with Crippen molar-refractivity contribution in [3.05, 3.63) is 152 Å². The van der Waals surface area contributed by atoms with Gasteiger partial charge < -0.3 is 9.32 Å². The highest BCUT2D eigenvalue weighted by molar-refractivity contribution is 6.18. The molecule has 1 aromatic heterocycles. The number of hydrogen-bond donors (Lipinski definition) is 0. The zero-order chi connectivity index (χ0) is 26.5. The van der Waals surface area contributed by atoms with Gasteiger partial charge in [0.15, 0.2) is 0 Å². The molecule has 1 heterocycles. The molecule has 0 aliphatic carbocycles. The van der Waals surface area contributed by atoms with E-state index in [2.05, 4.69) is 144 Å². The molecule has 0 radical (unpaired) electrons. The van der Waals surface area contributed by atoms with Crippen molar-refractivity contribution in [3.63, 3.8) is 0 Å². The zero-order valence-electron chi connectivity index (χ0n) is 21.8. The van der Waals surface area contributed by atoms with Gasteiger partial charge in [-0.2, -0.15) is 0 Å². The fraction of sp³-hybridized carbons (Fsp3) is 0. The second-order valence-corrected chi connectivity index (χ2v) is 10.2. The topological polar surface area (TPSA) is 16.4 Å². The highest BCUT2D eigenvalue weighted by Crippen LogP contribution is 2.42. The minimum atomic E-state index is 0.923. The summed E-state index contributed by atoms with van der Waals surface area (Å²) in [6, 6.07) is 53.8. The molecule has 7 aromatic carbocycles. The molecule has 0 unspecified atom stereocenters. The summed E-state index contributed by atoms with van der Waals surface area (Å²) in [4.78, 5) is 2.36. The van der Waals surface area contributed by atoms with Crippen molar-refractivity contribution in [2.45, 2.75) is 0 Å². The van der Waals surface area contributed by atoms with E-state index in [0.717, 1.165) is 39.0 Å². The molecule has 0 atom stereocenters. The number of fused-ring (bicyclic) bond motifs is 6. The maximum atomic E-state index is 6.18. The third kappa shape index (κ3) is 3.65. The van der Waals surface area contributed by atoms with Crippen molar-refractivity contribution in [2.24, 2.45) is 0 Å². The van der Waals surface area contributed by atoms with Gasteiger partial charge >= 0.3 is 0 Å². The fourth-order valence-electron chi connectivity index (χ4n) is 5.93. The molecule has 0 saturated carbocycles. The second-order valence-electron chi connectivity index (χ2n) is 10.2. The molecule has 0 bridgehead atoms. The third-order valence-corrected chi connectivity index (χ3v) is 7.84. The van der Waals surface area contributed by atoms with E-state index in [0.29, 0.717) is 0 Å². The first-order valence-corrected chi connectivity index (χ1v) is 13.6. The maximum absolute atomic E-state index is 6.18. The predicted molar refractivity (Wildman–Crippen MR) is 169 cm³/mol. The molecule has 40 heavy (non-hydrogen) atoms. The Morgan fingerprint density at radius 1 is 0.375 bits per heavy atom. The van der Waals surface area contributed by atoms with E-state index in [1.54, 1.807) is 0 Å². The van der Waals surface area contributed by atoms with Crippen molar-refractivity contribution in [3.8, 4) is 11.1 Å². The summed E-state index contributed by atoms with van der Waals surface area (Å²) in [5.41, 5.74) is 7.66. The largest absolute Gasteiger partial charge is 0.456 e. The molecule has 2 heteroatoms. The molecule has 0 saturated heterocycles. The van der Waals surface area contributed by atoms with E-state index >= 15 is 0 Å². The van der Waals surface area contributed by atoms with Crippen LogP contribution in [0.3, 0.4) is 0 Å². The quantitative estimate of drug-likeness (QED) is 0.218. The smallest absolute Gasteiger partial charge is 0.136 e. The summed E-state index contributed by atoms with van der Waals surface area (Å²) in [6.45, 7) is 0. The van der Waals surface area contributed by atoms with Crippen LogP contribution in [0.1, 0.15) is 0 Å². The van der Waals surface area contributed by atoms with E-state index in [9.17, 15) is 0 Å². The van der Waals surface area contributed by atoms with Crippen LogP contribution in [0.5, 0.6) is 0 Å². The van der Waals surface area contributed by atoms with Gasteiger partial charge in [-0.05, 0) is 75.8 Å². The van der Waals surface area contributed by atoms with Crippen LogP contribution in [0.4, 0.5) is 17.1 Å². The summed E-state index contributed by atoms with van der Waals surface area (Å²) >= 11 is 0. The average molecular weight is 512 g/mol. The van der Waals surface area contributed by atoms with E-state index in [4.69, 9.17) is 4.42 Å². The summed E-state index contributed by atoms with van der Waals surface area (Å²) in [7, 11) is 0. The number of anilines is 3. The Morgan fingerprint density at radius 2 is 1.05 bits per heavy atom. The first kappa shape index (κ1) is 22.6. The van der Waals surface area contributed by atoms with Crippen LogP contribution in [0.2, 0.25) is 0 Å². The lowest BCUT2D eigenvalue weighted by Crippen LogP contribution is -2.10. The third-order valence-electron chi connectivity index (χ3n) is 7.84. The zero-order valence-corrected chi connectivity index (χ0v) is 21.8. The Morgan fingerprint density at radius 3 is 1.88 bits per heavy atom. The van der Waals surface area contributed by atoms with Crippen LogP contribution in [0.25, 0.3) is 54.6 Å². The lowest BCUT2D eigenvalue weighted by atomic mass is 9.98. The highest BCUT2D eigenvalue weighted by Gasteiger charge is 2.17. The van der Waals surface area contributed by atoms with Gasteiger partial charge in [0.25, 0.3) is 0 Å². The number of para-hydroxylation sites is 2. The molecule has 0 fully saturated rings. The van der Waals surface area contributed by atoms with Crippen LogP contribution >= 0.6 is 0 Å². The molecule has 0 N–H and O–H groups in total. The maximum Gasteiger partial charge on any atom is 0.136 e. The lowest BCUT2D eigenvalue weighted by Gasteiger charge is -2.27. The Hall–Kier alpha value is -5.34. The minimum Gasteiger partial charge on any atom is -0.456 e.